The number of nitrogens with zero attached hydrogens (tertiary/aromatic N) is 2. The van der Waals surface area contributed by atoms with Gasteiger partial charge < -0.3 is 10.1 Å². The molecule has 4 heteroatoms. The lowest BCUT2D eigenvalue weighted by Crippen LogP contribution is -2.28. The standard InChI is InChI=1S/C15H23N3O/c1-10-5-3-4-6-12(10)19-14-9-13(16-2)17-15(18-14)11-7-8-11/h9-12H,3-8H2,1-2H3,(H,16,17,18). The van der Waals surface area contributed by atoms with Crippen molar-refractivity contribution in [2.24, 2.45) is 5.92 Å². The molecule has 2 fully saturated rings. The van der Waals surface area contributed by atoms with Gasteiger partial charge >= 0.3 is 0 Å². The molecule has 2 unspecified atom stereocenters. The first-order valence-electron chi connectivity index (χ1n) is 7.49. The number of hydrogen-bond acceptors (Lipinski definition) is 4. The van der Waals surface area contributed by atoms with Gasteiger partial charge in [0.05, 0.1) is 0 Å². The highest BCUT2D eigenvalue weighted by molar-refractivity contribution is 5.38. The molecule has 2 aliphatic carbocycles. The molecule has 3 rings (SSSR count). The van der Waals surface area contributed by atoms with Crippen LogP contribution in [0.15, 0.2) is 6.07 Å². The number of hydrogen-bond donors (Lipinski definition) is 1. The average molecular weight is 261 g/mol. The lowest BCUT2D eigenvalue weighted by Gasteiger charge is -2.29. The minimum atomic E-state index is 0.320. The van der Waals surface area contributed by atoms with Crippen LogP contribution < -0.4 is 10.1 Å². The van der Waals surface area contributed by atoms with Gasteiger partial charge in [-0.05, 0) is 38.0 Å². The van der Waals surface area contributed by atoms with Gasteiger partial charge in [-0.1, -0.05) is 13.3 Å². The summed E-state index contributed by atoms with van der Waals surface area (Å²) in [6, 6.07) is 1.92. The first kappa shape index (κ1) is 12.7. The zero-order chi connectivity index (χ0) is 13.2. The van der Waals surface area contributed by atoms with E-state index in [9.17, 15) is 0 Å². The second kappa shape index (κ2) is 5.35. The van der Waals surface area contributed by atoms with Crippen LogP contribution in [0.1, 0.15) is 57.2 Å². The Hall–Kier alpha value is -1.32. The minimum absolute atomic E-state index is 0.320. The number of aromatic nitrogens is 2. The molecule has 1 heterocycles. The maximum Gasteiger partial charge on any atom is 0.219 e. The van der Waals surface area contributed by atoms with Crippen LogP contribution in [0.4, 0.5) is 5.82 Å². The van der Waals surface area contributed by atoms with Crippen LogP contribution in [-0.4, -0.2) is 23.1 Å². The number of ether oxygens (including phenoxy) is 1. The van der Waals surface area contributed by atoms with Crippen molar-refractivity contribution in [3.63, 3.8) is 0 Å². The molecule has 2 saturated carbocycles. The Balaban J connectivity index is 1.77. The minimum Gasteiger partial charge on any atom is -0.474 e. The smallest absolute Gasteiger partial charge is 0.219 e. The van der Waals surface area contributed by atoms with Gasteiger partial charge in [-0.15, -0.1) is 0 Å². The largest absolute Gasteiger partial charge is 0.474 e. The predicted octanol–water partition coefficient (Wildman–Crippen LogP) is 3.35. The van der Waals surface area contributed by atoms with Crippen LogP contribution in [0.3, 0.4) is 0 Å². The fourth-order valence-electron chi connectivity index (χ4n) is 2.77. The van der Waals surface area contributed by atoms with Crippen LogP contribution in [0.2, 0.25) is 0 Å². The van der Waals surface area contributed by atoms with Gasteiger partial charge in [0.25, 0.3) is 0 Å². The van der Waals surface area contributed by atoms with Gasteiger partial charge in [-0.2, -0.15) is 4.98 Å². The Morgan fingerprint density at radius 3 is 2.63 bits per heavy atom. The van der Waals surface area contributed by atoms with Gasteiger partial charge in [-0.3, -0.25) is 0 Å². The Morgan fingerprint density at radius 2 is 1.95 bits per heavy atom. The molecular formula is C15H23N3O. The molecule has 4 nitrogen and oxygen atoms in total. The summed E-state index contributed by atoms with van der Waals surface area (Å²) in [7, 11) is 1.89. The maximum atomic E-state index is 6.14. The van der Waals surface area contributed by atoms with Crippen molar-refractivity contribution in [2.45, 2.75) is 57.5 Å². The molecular weight excluding hydrogens is 238 g/mol. The van der Waals surface area contributed by atoms with Gasteiger partial charge in [-0.25, -0.2) is 4.98 Å². The topological polar surface area (TPSA) is 47.0 Å². The quantitative estimate of drug-likeness (QED) is 0.903. The van der Waals surface area contributed by atoms with E-state index in [4.69, 9.17) is 4.74 Å². The van der Waals surface area contributed by atoms with E-state index in [1.165, 1.54) is 32.1 Å². The molecule has 19 heavy (non-hydrogen) atoms. The van der Waals surface area contributed by atoms with Gasteiger partial charge in [0.1, 0.15) is 17.7 Å². The number of anilines is 1. The van der Waals surface area contributed by atoms with Crippen LogP contribution in [-0.2, 0) is 0 Å². The van der Waals surface area contributed by atoms with Crippen molar-refractivity contribution in [2.75, 3.05) is 12.4 Å². The van der Waals surface area contributed by atoms with Gasteiger partial charge in [0.2, 0.25) is 5.88 Å². The molecule has 1 aromatic heterocycles. The Kier molecular flexibility index (Phi) is 3.58. The van der Waals surface area contributed by atoms with Crippen LogP contribution >= 0.6 is 0 Å². The molecule has 0 aliphatic heterocycles. The Labute approximate surface area is 115 Å². The monoisotopic (exact) mass is 261 g/mol. The van der Waals surface area contributed by atoms with E-state index in [1.54, 1.807) is 0 Å². The third kappa shape index (κ3) is 2.99. The molecule has 0 amide bonds. The average Bonchev–Trinajstić information content (AvgIpc) is 3.25. The molecule has 0 saturated heterocycles. The van der Waals surface area contributed by atoms with Gasteiger partial charge in [0, 0.05) is 19.0 Å². The van der Waals surface area contributed by atoms with Crippen LogP contribution in [0.5, 0.6) is 5.88 Å². The molecule has 0 bridgehead atoms. The van der Waals surface area contributed by atoms with Gasteiger partial charge in [0.15, 0.2) is 0 Å². The third-order valence-corrected chi connectivity index (χ3v) is 4.22. The van der Waals surface area contributed by atoms with E-state index in [-0.39, 0.29) is 0 Å². The summed E-state index contributed by atoms with van der Waals surface area (Å²) in [6.45, 7) is 2.28. The molecule has 2 aliphatic rings. The second-order valence-electron chi connectivity index (χ2n) is 5.89. The van der Waals surface area contributed by atoms with E-state index in [0.717, 1.165) is 23.9 Å². The summed E-state index contributed by atoms with van der Waals surface area (Å²) in [6.07, 6.45) is 7.77. The summed E-state index contributed by atoms with van der Waals surface area (Å²) < 4.78 is 6.14. The van der Waals surface area contributed by atoms with E-state index in [2.05, 4.69) is 22.2 Å². The van der Waals surface area contributed by atoms with Crippen LogP contribution in [0.25, 0.3) is 0 Å². The lowest BCUT2D eigenvalue weighted by molar-refractivity contribution is 0.0972. The lowest BCUT2D eigenvalue weighted by atomic mass is 9.88. The van der Waals surface area contributed by atoms with E-state index in [1.807, 2.05) is 13.1 Å². The summed E-state index contributed by atoms with van der Waals surface area (Å²) >= 11 is 0. The fourth-order valence-corrected chi connectivity index (χ4v) is 2.77. The molecule has 104 valence electrons. The van der Waals surface area contributed by atoms with E-state index in [0.29, 0.717) is 17.9 Å². The highest BCUT2D eigenvalue weighted by Crippen LogP contribution is 2.39. The summed E-state index contributed by atoms with van der Waals surface area (Å²) in [5, 5.41) is 3.11. The number of rotatable bonds is 4. The summed E-state index contributed by atoms with van der Waals surface area (Å²) in [4.78, 5) is 9.12. The predicted molar refractivity (Wildman–Crippen MR) is 75.6 cm³/mol. The zero-order valence-corrected chi connectivity index (χ0v) is 11.9. The van der Waals surface area contributed by atoms with Crippen molar-refractivity contribution in [1.29, 1.82) is 0 Å². The Bertz CT molecular complexity index is 445. The highest BCUT2D eigenvalue weighted by atomic mass is 16.5. The Morgan fingerprint density at radius 1 is 1.16 bits per heavy atom. The van der Waals surface area contributed by atoms with Crippen molar-refractivity contribution in [3.8, 4) is 5.88 Å². The molecule has 1 N–H and O–H groups in total. The van der Waals surface area contributed by atoms with Crippen molar-refractivity contribution < 1.29 is 4.74 Å². The first-order valence-corrected chi connectivity index (χ1v) is 7.49. The van der Waals surface area contributed by atoms with Crippen molar-refractivity contribution >= 4 is 5.82 Å². The molecule has 1 aromatic rings. The van der Waals surface area contributed by atoms with Crippen LogP contribution in [0, 0.1) is 5.92 Å². The molecule has 2 atom stereocenters. The van der Waals surface area contributed by atoms with E-state index < -0.39 is 0 Å². The highest BCUT2D eigenvalue weighted by Gasteiger charge is 2.28. The van der Waals surface area contributed by atoms with E-state index >= 15 is 0 Å². The SMILES string of the molecule is CNc1cc(OC2CCCCC2C)nc(C2CC2)n1. The molecule has 0 aromatic carbocycles. The van der Waals surface area contributed by atoms with Crippen molar-refractivity contribution in [1.82, 2.24) is 9.97 Å². The summed E-state index contributed by atoms with van der Waals surface area (Å²) in [5.41, 5.74) is 0. The number of nitrogens with one attached hydrogen (secondary N) is 1. The van der Waals surface area contributed by atoms with Crippen molar-refractivity contribution in [3.05, 3.63) is 11.9 Å². The fraction of sp³-hybridized carbons (Fsp3) is 0.733. The summed E-state index contributed by atoms with van der Waals surface area (Å²) in [5.74, 6) is 3.76. The normalized spacial score (nSPS) is 27.1. The second-order valence-corrected chi connectivity index (χ2v) is 5.89. The molecule has 0 radical (unpaired) electrons. The third-order valence-electron chi connectivity index (χ3n) is 4.22. The maximum absolute atomic E-state index is 6.14. The molecule has 0 spiro atoms. The first-order chi connectivity index (χ1) is 9.26. The zero-order valence-electron chi connectivity index (χ0n) is 11.9.